The van der Waals surface area contributed by atoms with Crippen LogP contribution in [-0.4, -0.2) is 33.4 Å². The van der Waals surface area contributed by atoms with Crippen molar-refractivity contribution in [3.63, 3.8) is 0 Å². The predicted molar refractivity (Wildman–Crippen MR) is 94.3 cm³/mol. The van der Waals surface area contributed by atoms with E-state index in [2.05, 4.69) is 26.1 Å². The van der Waals surface area contributed by atoms with Crippen molar-refractivity contribution in [1.29, 1.82) is 5.26 Å². The second kappa shape index (κ2) is 7.90. The molecule has 1 aliphatic rings. The lowest BCUT2D eigenvalue weighted by molar-refractivity contribution is 0.184. The smallest absolute Gasteiger partial charge is 0.404 e. The summed E-state index contributed by atoms with van der Waals surface area (Å²) in [6, 6.07) is 3.93. The Balaban J connectivity index is 1.85. The topological polar surface area (TPSA) is 136 Å². The van der Waals surface area contributed by atoms with Crippen LogP contribution >= 0.6 is 0 Å². The van der Waals surface area contributed by atoms with Crippen molar-refractivity contribution < 1.29 is 18.8 Å². The zero-order chi connectivity index (χ0) is 19.4. The summed E-state index contributed by atoms with van der Waals surface area (Å²) < 4.78 is 19.5. The van der Waals surface area contributed by atoms with Crippen LogP contribution in [0, 0.1) is 24.1 Å². The molecule has 0 spiro atoms. The Kier molecular flexibility index (Phi) is 5.40. The Morgan fingerprint density at radius 1 is 1.33 bits per heavy atom. The molecule has 1 aliphatic carbocycles. The van der Waals surface area contributed by atoms with Crippen molar-refractivity contribution in [3.8, 4) is 6.07 Å². The number of aryl methyl sites for hydroxylation is 1. The number of rotatable bonds is 5. The van der Waals surface area contributed by atoms with Crippen LogP contribution < -0.4 is 16.0 Å². The molecule has 1 amide bonds. The van der Waals surface area contributed by atoms with E-state index in [0.717, 1.165) is 18.9 Å². The quantitative estimate of drug-likeness (QED) is 0.627. The SMILES string of the molecule is Cc1cc(Nc2nc(NC3CCCCC3NC(=O)O)c(F)cc2C#N)on1. The van der Waals surface area contributed by atoms with Crippen molar-refractivity contribution in [3.05, 3.63) is 29.2 Å². The standard InChI is InChI=1S/C17H19FN6O3/c1-9-6-14(27-24-9)22-15-10(8-19)7-11(18)16(23-15)20-12-4-2-3-5-13(12)21-17(25)26/h6-7,12-13,21H,2-5H2,1H3,(H,25,26)(H2,20,22,23). The first-order valence-electron chi connectivity index (χ1n) is 8.53. The van der Waals surface area contributed by atoms with E-state index in [4.69, 9.17) is 9.63 Å². The molecule has 2 heterocycles. The second-order valence-corrected chi connectivity index (χ2v) is 6.38. The van der Waals surface area contributed by atoms with Gasteiger partial charge in [0.25, 0.3) is 0 Å². The Bertz CT molecular complexity index is 878. The molecule has 2 aromatic heterocycles. The summed E-state index contributed by atoms with van der Waals surface area (Å²) in [4.78, 5) is 15.2. The maximum Gasteiger partial charge on any atom is 0.404 e. The highest BCUT2D eigenvalue weighted by atomic mass is 19.1. The van der Waals surface area contributed by atoms with Gasteiger partial charge >= 0.3 is 6.09 Å². The van der Waals surface area contributed by atoms with E-state index >= 15 is 0 Å². The lowest BCUT2D eigenvalue weighted by Gasteiger charge is -2.32. The van der Waals surface area contributed by atoms with Crippen LogP contribution in [0.3, 0.4) is 0 Å². The third-order valence-corrected chi connectivity index (χ3v) is 4.36. The van der Waals surface area contributed by atoms with Gasteiger partial charge in [0.05, 0.1) is 17.3 Å². The number of hydrogen-bond donors (Lipinski definition) is 4. The van der Waals surface area contributed by atoms with Gasteiger partial charge in [0, 0.05) is 12.1 Å². The first kappa shape index (κ1) is 18.4. The van der Waals surface area contributed by atoms with Crippen molar-refractivity contribution in [1.82, 2.24) is 15.5 Å². The molecule has 142 valence electrons. The summed E-state index contributed by atoms with van der Waals surface area (Å²) in [5.74, 6) is -0.351. The van der Waals surface area contributed by atoms with Gasteiger partial charge in [0.15, 0.2) is 17.5 Å². The molecule has 4 N–H and O–H groups in total. The number of amides is 1. The van der Waals surface area contributed by atoms with Gasteiger partial charge in [-0.1, -0.05) is 18.0 Å². The van der Waals surface area contributed by atoms with Crippen molar-refractivity contribution >= 4 is 23.6 Å². The number of hydrogen-bond acceptors (Lipinski definition) is 7. The zero-order valence-corrected chi connectivity index (χ0v) is 14.6. The summed E-state index contributed by atoms with van der Waals surface area (Å²) in [5, 5.41) is 30.2. The third kappa shape index (κ3) is 4.44. The molecule has 2 atom stereocenters. The van der Waals surface area contributed by atoms with Gasteiger partial charge in [-0.2, -0.15) is 5.26 Å². The molecular formula is C17H19FN6O3. The van der Waals surface area contributed by atoms with Crippen molar-refractivity contribution in [2.24, 2.45) is 0 Å². The minimum absolute atomic E-state index is 0.0101. The number of carboxylic acid groups (broad SMARTS) is 1. The lowest BCUT2D eigenvalue weighted by Crippen LogP contribution is -2.48. The lowest BCUT2D eigenvalue weighted by atomic mass is 9.90. The molecule has 1 fully saturated rings. The summed E-state index contributed by atoms with van der Waals surface area (Å²) in [6.07, 6.45) is 2.00. The molecule has 0 saturated heterocycles. The molecule has 27 heavy (non-hydrogen) atoms. The highest BCUT2D eigenvalue weighted by Gasteiger charge is 2.28. The molecule has 1 saturated carbocycles. The number of nitrogens with zero attached hydrogens (tertiary/aromatic N) is 3. The van der Waals surface area contributed by atoms with Gasteiger partial charge in [-0.15, -0.1) is 0 Å². The molecule has 2 unspecified atom stereocenters. The minimum Gasteiger partial charge on any atom is -0.465 e. The fourth-order valence-corrected chi connectivity index (χ4v) is 3.12. The molecule has 10 heteroatoms. The maximum absolute atomic E-state index is 14.4. The Morgan fingerprint density at radius 3 is 2.70 bits per heavy atom. The Labute approximate surface area is 154 Å². The first-order chi connectivity index (χ1) is 13.0. The Morgan fingerprint density at radius 2 is 2.07 bits per heavy atom. The normalized spacial score (nSPS) is 19.1. The fraction of sp³-hybridized carbons (Fsp3) is 0.412. The van der Waals surface area contributed by atoms with Crippen LogP contribution in [0.1, 0.15) is 36.9 Å². The van der Waals surface area contributed by atoms with E-state index in [9.17, 15) is 14.4 Å². The number of nitrogens with one attached hydrogen (secondary N) is 3. The molecule has 0 radical (unpaired) electrons. The minimum atomic E-state index is -1.12. The van der Waals surface area contributed by atoms with Gasteiger partial charge in [-0.25, -0.2) is 14.2 Å². The van der Waals surface area contributed by atoms with Gasteiger partial charge in [-0.3, -0.25) is 0 Å². The van der Waals surface area contributed by atoms with E-state index in [1.165, 1.54) is 0 Å². The highest BCUT2D eigenvalue weighted by molar-refractivity contribution is 5.65. The number of nitriles is 1. The second-order valence-electron chi connectivity index (χ2n) is 6.38. The maximum atomic E-state index is 14.4. The average molecular weight is 374 g/mol. The molecule has 3 rings (SSSR count). The number of carbonyl (C=O) groups is 1. The van der Waals surface area contributed by atoms with E-state index in [1.807, 2.05) is 6.07 Å². The first-order valence-corrected chi connectivity index (χ1v) is 8.53. The van der Waals surface area contributed by atoms with Crippen LogP contribution in [0.5, 0.6) is 0 Å². The van der Waals surface area contributed by atoms with Crippen LogP contribution in [0.15, 0.2) is 16.7 Å². The monoisotopic (exact) mass is 374 g/mol. The average Bonchev–Trinajstić information content (AvgIpc) is 3.03. The van der Waals surface area contributed by atoms with Crippen molar-refractivity contribution in [2.45, 2.75) is 44.7 Å². The van der Waals surface area contributed by atoms with E-state index in [-0.39, 0.29) is 35.2 Å². The summed E-state index contributed by atoms with van der Waals surface area (Å²) in [5.41, 5.74) is 0.650. The fourth-order valence-electron chi connectivity index (χ4n) is 3.12. The third-order valence-electron chi connectivity index (χ3n) is 4.36. The van der Waals surface area contributed by atoms with Crippen LogP contribution in [-0.2, 0) is 0 Å². The van der Waals surface area contributed by atoms with E-state index < -0.39 is 11.9 Å². The van der Waals surface area contributed by atoms with Gasteiger partial charge in [0.1, 0.15) is 6.07 Å². The van der Waals surface area contributed by atoms with E-state index in [1.54, 1.807) is 13.0 Å². The van der Waals surface area contributed by atoms with Gasteiger partial charge in [0.2, 0.25) is 5.88 Å². The van der Waals surface area contributed by atoms with Gasteiger partial charge in [-0.05, 0) is 25.8 Å². The molecule has 9 nitrogen and oxygen atoms in total. The van der Waals surface area contributed by atoms with Crippen LogP contribution in [0.25, 0.3) is 0 Å². The van der Waals surface area contributed by atoms with Crippen molar-refractivity contribution in [2.75, 3.05) is 10.6 Å². The molecule has 0 aromatic carbocycles. The summed E-state index contributed by atoms with van der Waals surface area (Å²) in [6.45, 7) is 1.74. The largest absolute Gasteiger partial charge is 0.465 e. The number of halogens is 1. The summed E-state index contributed by atoms with van der Waals surface area (Å²) >= 11 is 0. The van der Waals surface area contributed by atoms with Crippen LogP contribution in [0.4, 0.5) is 26.7 Å². The molecule has 0 aliphatic heterocycles. The number of pyridine rings is 1. The highest BCUT2D eigenvalue weighted by Crippen LogP contribution is 2.27. The predicted octanol–water partition coefficient (Wildman–Crippen LogP) is 3.12. The zero-order valence-electron chi connectivity index (χ0n) is 14.6. The van der Waals surface area contributed by atoms with Gasteiger partial charge < -0.3 is 25.6 Å². The molecule has 0 bridgehead atoms. The Hall–Kier alpha value is -3.35. The van der Waals surface area contributed by atoms with E-state index in [0.29, 0.717) is 18.5 Å². The number of aromatic nitrogens is 2. The molecular weight excluding hydrogens is 355 g/mol. The number of anilines is 3. The summed E-state index contributed by atoms with van der Waals surface area (Å²) in [7, 11) is 0. The van der Waals surface area contributed by atoms with Crippen LogP contribution in [0.2, 0.25) is 0 Å². The molecule has 2 aromatic rings.